The van der Waals surface area contributed by atoms with Crippen LogP contribution in [0.4, 0.5) is 17.5 Å². The van der Waals surface area contributed by atoms with Crippen LogP contribution in [0.3, 0.4) is 0 Å². The Morgan fingerprint density at radius 3 is 2.62 bits per heavy atom. The zero-order valence-corrected chi connectivity index (χ0v) is 13.8. The van der Waals surface area contributed by atoms with E-state index in [1.807, 2.05) is 24.3 Å². The van der Waals surface area contributed by atoms with Gasteiger partial charge in [0.05, 0.1) is 11.4 Å². The van der Waals surface area contributed by atoms with Crippen LogP contribution in [0, 0.1) is 0 Å². The van der Waals surface area contributed by atoms with Crippen molar-refractivity contribution in [1.82, 2.24) is 9.97 Å². The van der Waals surface area contributed by atoms with Gasteiger partial charge in [0, 0.05) is 22.5 Å². The molecule has 4 nitrogen and oxygen atoms in total. The number of aromatic nitrogens is 2. The third-order valence-electron chi connectivity index (χ3n) is 3.30. The molecule has 2 aromatic rings. The first kappa shape index (κ1) is 14.3. The highest BCUT2D eigenvalue weighted by Gasteiger charge is 2.26. The minimum atomic E-state index is 0.316. The second-order valence-corrected chi connectivity index (χ2v) is 6.53. The summed E-state index contributed by atoms with van der Waals surface area (Å²) in [6, 6.07) is 10.4. The van der Waals surface area contributed by atoms with Crippen LogP contribution >= 0.6 is 15.9 Å². The van der Waals surface area contributed by atoms with Crippen LogP contribution in [-0.4, -0.2) is 16.0 Å². The molecule has 0 aliphatic heterocycles. The minimum absolute atomic E-state index is 0.316. The van der Waals surface area contributed by atoms with Gasteiger partial charge in [-0.05, 0) is 54.8 Å². The number of rotatable bonds is 5. The summed E-state index contributed by atoms with van der Waals surface area (Å²) >= 11 is 3.55. The fraction of sp³-hybridized carbons (Fsp3) is 0.375. The molecule has 5 heteroatoms. The lowest BCUT2D eigenvalue weighted by Gasteiger charge is -2.13. The smallest absolute Gasteiger partial charge is 0.225 e. The number of benzene rings is 1. The maximum absolute atomic E-state index is 4.63. The lowest BCUT2D eigenvalue weighted by Crippen LogP contribution is -2.14. The van der Waals surface area contributed by atoms with E-state index in [2.05, 4.69) is 56.4 Å². The first-order valence-corrected chi connectivity index (χ1v) is 8.08. The molecule has 0 amide bonds. The lowest BCUT2D eigenvalue weighted by atomic mass is 10.2. The summed E-state index contributed by atoms with van der Waals surface area (Å²) in [4.78, 5) is 9.19. The minimum Gasteiger partial charge on any atom is -0.352 e. The lowest BCUT2D eigenvalue weighted by molar-refractivity contribution is 0.864. The highest BCUT2D eigenvalue weighted by atomic mass is 79.9. The fourth-order valence-corrected chi connectivity index (χ4v) is 2.53. The van der Waals surface area contributed by atoms with Gasteiger partial charge in [-0.1, -0.05) is 12.1 Å². The molecule has 1 heterocycles. The Morgan fingerprint density at radius 1 is 1.19 bits per heavy atom. The van der Waals surface area contributed by atoms with Gasteiger partial charge < -0.3 is 10.6 Å². The van der Waals surface area contributed by atoms with Gasteiger partial charge in [-0.2, -0.15) is 4.98 Å². The standard InChI is InChI=1S/C16H19BrN4/c1-10(2)18-16-20-14(11-7-8-11)9-15(21-16)19-13-6-4-3-5-12(13)17/h3-6,9-11H,7-8H2,1-2H3,(H2,18,19,20,21). The van der Waals surface area contributed by atoms with Crippen LogP contribution in [0.5, 0.6) is 0 Å². The van der Waals surface area contributed by atoms with E-state index < -0.39 is 0 Å². The highest BCUT2D eigenvalue weighted by molar-refractivity contribution is 9.10. The van der Waals surface area contributed by atoms with Crippen molar-refractivity contribution in [2.24, 2.45) is 0 Å². The van der Waals surface area contributed by atoms with E-state index in [0.29, 0.717) is 17.9 Å². The third-order valence-corrected chi connectivity index (χ3v) is 3.99. The molecule has 3 rings (SSSR count). The number of nitrogens with one attached hydrogen (secondary N) is 2. The van der Waals surface area contributed by atoms with Crippen molar-refractivity contribution in [3.05, 3.63) is 40.5 Å². The van der Waals surface area contributed by atoms with E-state index >= 15 is 0 Å². The van der Waals surface area contributed by atoms with Crippen molar-refractivity contribution in [2.75, 3.05) is 10.6 Å². The Balaban J connectivity index is 1.89. The molecule has 1 aromatic heterocycles. The number of hydrogen-bond acceptors (Lipinski definition) is 4. The SMILES string of the molecule is CC(C)Nc1nc(Nc2ccccc2Br)cc(C2CC2)n1. The average molecular weight is 347 g/mol. The molecular weight excluding hydrogens is 328 g/mol. The Bertz CT molecular complexity index is 638. The summed E-state index contributed by atoms with van der Waals surface area (Å²) in [6.45, 7) is 4.18. The molecule has 0 bridgehead atoms. The summed E-state index contributed by atoms with van der Waals surface area (Å²) < 4.78 is 1.02. The zero-order valence-electron chi connectivity index (χ0n) is 12.2. The van der Waals surface area contributed by atoms with Gasteiger partial charge in [0.1, 0.15) is 5.82 Å². The van der Waals surface area contributed by atoms with Crippen molar-refractivity contribution >= 4 is 33.4 Å². The van der Waals surface area contributed by atoms with Gasteiger partial charge >= 0.3 is 0 Å². The zero-order chi connectivity index (χ0) is 14.8. The molecule has 21 heavy (non-hydrogen) atoms. The maximum Gasteiger partial charge on any atom is 0.225 e. The molecule has 1 aliphatic carbocycles. The van der Waals surface area contributed by atoms with Crippen LogP contribution in [0.1, 0.15) is 38.3 Å². The molecule has 110 valence electrons. The molecule has 1 fully saturated rings. The van der Waals surface area contributed by atoms with E-state index in [-0.39, 0.29) is 0 Å². The Morgan fingerprint density at radius 2 is 1.95 bits per heavy atom. The molecule has 0 radical (unpaired) electrons. The van der Waals surface area contributed by atoms with E-state index in [4.69, 9.17) is 0 Å². The van der Waals surface area contributed by atoms with Crippen molar-refractivity contribution < 1.29 is 0 Å². The topological polar surface area (TPSA) is 49.8 Å². The summed E-state index contributed by atoms with van der Waals surface area (Å²) in [5, 5.41) is 6.67. The van der Waals surface area contributed by atoms with Gasteiger partial charge in [0.15, 0.2) is 0 Å². The molecule has 1 aliphatic rings. The largest absolute Gasteiger partial charge is 0.352 e. The number of para-hydroxylation sites is 1. The van der Waals surface area contributed by atoms with Gasteiger partial charge in [0.2, 0.25) is 5.95 Å². The number of hydrogen-bond donors (Lipinski definition) is 2. The Hall–Kier alpha value is -1.62. The monoisotopic (exact) mass is 346 g/mol. The van der Waals surface area contributed by atoms with Crippen LogP contribution in [0.15, 0.2) is 34.8 Å². The maximum atomic E-state index is 4.63. The predicted molar refractivity (Wildman–Crippen MR) is 90.2 cm³/mol. The van der Waals surface area contributed by atoms with Gasteiger partial charge in [-0.3, -0.25) is 0 Å². The molecule has 0 saturated heterocycles. The van der Waals surface area contributed by atoms with Crippen molar-refractivity contribution in [3.63, 3.8) is 0 Å². The van der Waals surface area contributed by atoms with Gasteiger partial charge in [-0.15, -0.1) is 0 Å². The highest BCUT2D eigenvalue weighted by Crippen LogP contribution is 2.40. The van der Waals surface area contributed by atoms with Crippen molar-refractivity contribution in [3.8, 4) is 0 Å². The molecule has 1 aromatic carbocycles. The second-order valence-electron chi connectivity index (χ2n) is 5.68. The molecule has 0 unspecified atom stereocenters. The summed E-state index contributed by atoms with van der Waals surface area (Å²) in [5.41, 5.74) is 2.14. The molecule has 1 saturated carbocycles. The van der Waals surface area contributed by atoms with Crippen LogP contribution in [0.25, 0.3) is 0 Å². The average Bonchev–Trinajstić information content (AvgIpc) is 3.25. The molecular formula is C16H19BrN4. The van der Waals surface area contributed by atoms with Crippen molar-refractivity contribution in [2.45, 2.75) is 38.6 Å². The fourth-order valence-electron chi connectivity index (χ4n) is 2.14. The van der Waals surface area contributed by atoms with Crippen LogP contribution in [-0.2, 0) is 0 Å². The Labute approximate surface area is 133 Å². The van der Waals surface area contributed by atoms with E-state index in [1.165, 1.54) is 12.8 Å². The first-order chi connectivity index (χ1) is 10.1. The summed E-state index contributed by atoms with van der Waals surface area (Å²) in [5.74, 6) is 2.13. The van der Waals surface area contributed by atoms with Crippen molar-refractivity contribution in [1.29, 1.82) is 0 Å². The molecule has 2 N–H and O–H groups in total. The van der Waals surface area contributed by atoms with E-state index in [0.717, 1.165) is 21.7 Å². The summed E-state index contributed by atoms with van der Waals surface area (Å²) in [7, 11) is 0. The normalized spacial score (nSPS) is 14.3. The van der Waals surface area contributed by atoms with Crippen LogP contribution < -0.4 is 10.6 Å². The molecule has 0 spiro atoms. The van der Waals surface area contributed by atoms with Gasteiger partial charge in [0.25, 0.3) is 0 Å². The number of anilines is 3. The quantitative estimate of drug-likeness (QED) is 0.825. The third kappa shape index (κ3) is 3.73. The number of nitrogens with zero attached hydrogens (tertiary/aromatic N) is 2. The van der Waals surface area contributed by atoms with E-state index in [9.17, 15) is 0 Å². The van der Waals surface area contributed by atoms with E-state index in [1.54, 1.807) is 0 Å². The van der Waals surface area contributed by atoms with Crippen LogP contribution in [0.2, 0.25) is 0 Å². The molecule has 0 atom stereocenters. The number of halogens is 1. The second kappa shape index (κ2) is 6.02. The summed E-state index contributed by atoms with van der Waals surface area (Å²) in [6.07, 6.45) is 2.46. The Kier molecular flexibility index (Phi) is 4.10. The predicted octanol–water partition coefficient (Wildman–Crippen LogP) is 4.68. The first-order valence-electron chi connectivity index (χ1n) is 7.29. The van der Waals surface area contributed by atoms with Gasteiger partial charge in [-0.25, -0.2) is 4.98 Å².